The van der Waals surface area contributed by atoms with E-state index in [1.54, 1.807) is 28.9 Å². The first-order valence-electron chi connectivity index (χ1n) is 9.26. The molecule has 0 radical (unpaired) electrons. The van der Waals surface area contributed by atoms with Gasteiger partial charge in [-0.25, -0.2) is 4.98 Å². The average molecular weight is 402 g/mol. The molecule has 7 heteroatoms. The van der Waals surface area contributed by atoms with Crippen molar-refractivity contribution in [3.05, 3.63) is 57.8 Å². The zero-order valence-electron chi connectivity index (χ0n) is 16.4. The number of amides is 2. The van der Waals surface area contributed by atoms with E-state index in [0.29, 0.717) is 42.3 Å². The van der Waals surface area contributed by atoms with Gasteiger partial charge in [-0.05, 0) is 30.1 Å². The summed E-state index contributed by atoms with van der Waals surface area (Å²) in [6, 6.07) is 0. The van der Waals surface area contributed by atoms with Gasteiger partial charge in [0, 0.05) is 38.5 Å². The summed E-state index contributed by atoms with van der Waals surface area (Å²) in [7, 11) is 1.49. The van der Waals surface area contributed by atoms with Gasteiger partial charge in [0.2, 0.25) is 11.8 Å². The smallest absolute Gasteiger partial charge is 0.260 e. The molecular formula is C21H24ClN3O3. The van der Waals surface area contributed by atoms with Gasteiger partial charge in [-0.2, -0.15) is 0 Å². The molecule has 0 bridgehead atoms. The lowest BCUT2D eigenvalue weighted by atomic mass is 10.1. The fraction of sp³-hybridized carbons (Fsp3) is 0.381. The lowest BCUT2D eigenvalue weighted by molar-refractivity contribution is -0.124. The molecule has 2 aliphatic rings. The van der Waals surface area contributed by atoms with Crippen LogP contribution in [-0.4, -0.2) is 59.9 Å². The van der Waals surface area contributed by atoms with Gasteiger partial charge >= 0.3 is 0 Å². The van der Waals surface area contributed by atoms with Crippen LogP contribution >= 0.6 is 11.6 Å². The van der Waals surface area contributed by atoms with Gasteiger partial charge in [0.05, 0.1) is 12.1 Å². The molecule has 148 valence electrons. The quantitative estimate of drug-likeness (QED) is 0.432. The number of rotatable bonds is 5. The Hall–Kier alpha value is -2.60. The van der Waals surface area contributed by atoms with Crippen molar-refractivity contribution in [1.82, 2.24) is 14.8 Å². The van der Waals surface area contributed by atoms with Crippen LogP contribution in [0.1, 0.15) is 29.3 Å². The first-order chi connectivity index (χ1) is 13.5. The van der Waals surface area contributed by atoms with Crippen molar-refractivity contribution in [1.29, 1.82) is 0 Å². The van der Waals surface area contributed by atoms with Gasteiger partial charge in [0.1, 0.15) is 5.56 Å². The van der Waals surface area contributed by atoms with Crippen LogP contribution in [0.3, 0.4) is 0 Å². The van der Waals surface area contributed by atoms with Gasteiger partial charge in [-0.15, -0.1) is 0 Å². The number of hydrogen-bond acceptors (Lipinski definition) is 4. The fourth-order valence-electron chi connectivity index (χ4n) is 3.46. The molecule has 0 unspecified atom stereocenters. The summed E-state index contributed by atoms with van der Waals surface area (Å²) in [5.74, 6) is 0.117. The molecule has 28 heavy (non-hydrogen) atoms. The number of halogens is 1. The molecule has 0 saturated heterocycles. The minimum Gasteiger partial charge on any atom is -0.480 e. The van der Waals surface area contributed by atoms with E-state index in [9.17, 15) is 9.59 Å². The first kappa shape index (κ1) is 20.1. The van der Waals surface area contributed by atoms with E-state index in [-0.39, 0.29) is 17.7 Å². The molecule has 0 atom stereocenters. The monoisotopic (exact) mass is 401 g/mol. The number of carbonyl (C=O) groups is 2. The minimum absolute atomic E-state index is 0.00964. The Morgan fingerprint density at radius 1 is 1.18 bits per heavy atom. The number of allylic oxidation sites excluding steroid dienone is 3. The van der Waals surface area contributed by atoms with Crippen molar-refractivity contribution in [3.63, 3.8) is 0 Å². The highest BCUT2D eigenvalue weighted by Crippen LogP contribution is 2.31. The number of ether oxygens (including phenoxy) is 1. The Labute approximate surface area is 170 Å². The molecule has 1 aromatic heterocycles. The second-order valence-electron chi connectivity index (χ2n) is 6.87. The van der Waals surface area contributed by atoms with Gasteiger partial charge in [-0.3, -0.25) is 9.59 Å². The van der Waals surface area contributed by atoms with Gasteiger partial charge in [0.25, 0.3) is 5.91 Å². The Kier molecular flexibility index (Phi) is 6.19. The zero-order chi connectivity index (χ0) is 20.3. The molecule has 0 aliphatic carbocycles. The van der Waals surface area contributed by atoms with Gasteiger partial charge in [-0.1, -0.05) is 36.8 Å². The van der Waals surface area contributed by atoms with Crippen molar-refractivity contribution >= 4 is 23.4 Å². The van der Waals surface area contributed by atoms with E-state index >= 15 is 0 Å². The maximum atomic E-state index is 13.1. The van der Waals surface area contributed by atoms with E-state index in [0.717, 1.165) is 17.6 Å². The number of nitrogens with zero attached hydrogens (tertiary/aromatic N) is 3. The van der Waals surface area contributed by atoms with Crippen LogP contribution < -0.4 is 4.74 Å². The van der Waals surface area contributed by atoms with E-state index in [2.05, 4.69) is 4.98 Å². The standard InChI is InChI=1S/C21H24ClN3O3/c1-4-5-6-7-8-18(26)24-10-15-12-25(13-16(15)11-24)21(27)19-14(2)17(22)9-23-20(19)28-3/h5-9H,4,10-13H2,1-3H3/b6-5+,8-7+. The normalized spacial score (nSPS) is 16.6. The first-order valence-corrected chi connectivity index (χ1v) is 9.64. The highest BCUT2D eigenvalue weighted by Gasteiger charge is 2.35. The Morgan fingerprint density at radius 3 is 2.43 bits per heavy atom. The molecule has 1 aromatic rings. The van der Waals surface area contributed by atoms with Crippen LogP contribution in [0.25, 0.3) is 0 Å². The number of methoxy groups -OCH3 is 1. The van der Waals surface area contributed by atoms with Gasteiger partial charge < -0.3 is 14.5 Å². The molecule has 3 rings (SSSR count). The summed E-state index contributed by atoms with van der Waals surface area (Å²) < 4.78 is 5.26. The summed E-state index contributed by atoms with van der Waals surface area (Å²) in [6.45, 7) is 5.97. The van der Waals surface area contributed by atoms with Crippen LogP contribution in [0.15, 0.2) is 41.6 Å². The van der Waals surface area contributed by atoms with Crippen molar-refractivity contribution < 1.29 is 14.3 Å². The summed E-state index contributed by atoms with van der Waals surface area (Å²) in [5, 5.41) is 0.435. The third kappa shape index (κ3) is 3.97. The predicted molar refractivity (Wildman–Crippen MR) is 109 cm³/mol. The Morgan fingerprint density at radius 2 is 1.82 bits per heavy atom. The molecule has 6 nitrogen and oxygen atoms in total. The summed E-state index contributed by atoms with van der Waals surface area (Å²) in [5.41, 5.74) is 3.32. The summed E-state index contributed by atoms with van der Waals surface area (Å²) >= 11 is 6.15. The molecule has 2 amide bonds. The third-order valence-electron chi connectivity index (χ3n) is 5.00. The van der Waals surface area contributed by atoms with Crippen LogP contribution in [-0.2, 0) is 4.79 Å². The van der Waals surface area contributed by atoms with E-state index in [4.69, 9.17) is 16.3 Å². The Balaban J connectivity index is 1.65. The Bertz CT molecular complexity index is 871. The van der Waals surface area contributed by atoms with E-state index in [1.807, 2.05) is 19.1 Å². The number of pyridine rings is 1. The van der Waals surface area contributed by atoms with Crippen LogP contribution in [0.5, 0.6) is 5.88 Å². The maximum Gasteiger partial charge on any atom is 0.260 e. The summed E-state index contributed by atoms with van der Waals surface area (Å²) in [6.07, 6.45) is 9.66. The lowest BCUT2D eigenvalue weighted by Gasteiger charge is -2.23. The number of hydrogen-bond donors (Lipinski definition) is 0. The highest BCUT2D eigenvalue weighted by atomic mass is 35.5. The number of aromatic nitrogens is 1. The van der Waals surface area contributed by atoms with Crippen LogP contribution in [0, 0.1) is 6.92 Å². The molecule has 0 aromatic carbocycles. The molecule has 0 saturated carbocycles. The molecule has 0 spiro atoms. The molecule has 0 fully saturated rings. The van der Waals surface area contributed by atoms with Crippen LogP contribution in [0.4, 0.5) is 0 Å². The van der Waals surface area contributed by atoms with E-state index in [1.165, 1.54) is 13.3 Å². The van der Waals surface area contributed by atoms with Gasteiger partial charge in [0.15, 0.2) is 0 Å². The SMILES string of the molecule is CC/C=C/C=C/C(=O)N1CC2=C(C1)CN(C(=O)c1c(OC)ncc(Cl)c1C)C2. The topological polar surface area (TPSA) is 62.7 Å². The van der Waals surface area contributed by atoms with Crippen molar-refractivity contribution in [2.75, 3.05) is 33.3 Å². The molecular weight excluding hydrogens is 378 g/mol. The van der Waals surface area contributed by atoms with E-state index < -0.39 is 0 Å². The number of carbonyl (C=O) groups excluding carboxylic acids is 2. The predicted octanol–water partition coefficient (Wildman–Crippen LogP) is 3.17. The largest absolute Gasteiger partial charge is 0.480 e. The van der Waals surface area contributed by atoms with Crippen molar-refractivity contribution in [2.24, 2.45) is 0 Å². The lowest BCUT2D eigenvalue weighted by Crippen LogP contribution is -2.36. The minimum atomic E-state index is -0.152. The molecule has 2 aliphatic heterocycles. The third-order valence-corrected chi connectivity index (χ3v) is 5.38. The zero-order valence-corrected chi connectivity index (χ0v) is 17.1. The molecule has 3 heterocycles. The molecule has 0 N–H and O–H groups in total. The second-order valence-corrected chi connectivity index (χ2v) is 7.28. The fourth-order valence-corrected chi connectivity index (χ4v) is 3.60. The van der Waals surface area contributed by atoms with Crippen molar-refractivity contribution in [3.8, 4) is 5.88 Å². The second kappa shape index (κ2) is 8.61. The maximum absolute atomic E-state index is 13.1. The highest BCUT2D eigenvalue weighted by molar-refractivity contribution is 6.31. The average Bonchev–Trinajstić information content (AvgIpc) is 3.26. The van der Waals surface area contributed by atoms with Crippen molar-refractivity contribution in [2.45, 2.75) is 20.3 Å². The van der Waals surface area contributed by atoms with Crippen LogP contribution in [0.2, 0.25) is 5.02 Å². The summed E-state index contributed by atoms with van der Waals surface area (Å²) in [4.78, 5) is 33.0.